The molecule has 210 valence electrons. The molecule has 0 fully saturated rings. The van der Waals surface area contributed by atoms with Gasteiger partial charge < -0.3 is 32.9 Å². The van der Waals surface area contributed by atoms with Crippen LogP contribution in [0.3, 0.4) is 0 Å². The van der Waals surface area contributed by atoms with Gasteiger partial charge in [-0.2, -0.15) is 0 Å². The Morgan fingerprint density at radius 2 is 1.24 bits per heavy atom. The Bertz CT molecular complexity index is 1810. The summed E-state index contributed by atoms with van der Waals surface area (Å²) in [5.41, 5.74) is 2.34. The summed E-state index contributed by atoms with van der Waals surface area (Å²) < 4.78 is 33.8. The van der Waals surface area contributed by atoms with Crippen LogP contribution < -0.4 is 18.9 Å². The van der Waals surface area contributed by atoms with Crippen molar-refractivity contribution in [2.45, 2.75) is 27.1 Å². The number of benzene rings is 3. The number of methoxy groups -OCH3 is 2. The highest BCUT2D eigenvalue weighted by atomic mass is 16.5. The summed E-state index contributed by atoms with van der Waals surface area (Å²) in [6, 6.07) is 11.4. The molecule has 10 heteroatoms. The SMILES string of the molecule is COc1c(C(C)=O)c(OCc2ccc(COc3cc4occc4c(OC)c3C(C)=O)c(C(=O)O)c2)cc2occc12. The molecule has 0 aliphatic rings. The maximum absolute atomic E-state index is 12.5. The summed E-state index contributed by atoms with van der Waals surface area (Å²) in [5, 5.41) is 11.2. The van der Waals surface area contributed by atoms with Crippen LogP contribution >= 0.6 is 0 Å². The molecule has 2 heterocycles. The molecule has 0 aliphatic heterocycles. The fraction of sp³-hybridized carbons (Fsp3) is 0.194. The van der Waals surface area contributed by atoms with Gasteiger partial charge in [-0.25, -0.2) is 4.79 Å². The van der Waals surface area contributed by atoms with Crippen molar-refractivity contribution < 1.29 is 47.3 Å². The van der Waals surface area contributed by atoms with Crippen molar-refractivity contribution in [2.75, 3.05) is 14.2 Å². The number of furan rings is 2. The molecular weight excluding hydrogens is 532 g/mol. The molecule has 0 saturated heterocycles. The van der Waals surface area contributed by atoms with Gasteiger partial charge >= 0.3 is 5.97 Å². The summed E-state index contributed by atoms with van der Waals surface area (Å²) in [4.78, 5) is 37.1. The van der Waals surface area contributed by atoms with Crippen molar-refractivity contribution in [1.82, 2.24) is 0 Å². The van der Waals surface area contributed by atoms with Gasteiger partial charge in [-0.15, -0.1) is 0 Å². The second-order valence-corrected chi connectivity index (χ2v) is 9.22. The Hall–Kier alpha value is -5.25. The minimum Gasteiger partial charge on any atom is -0.495 e. The molecule has 0 unspecified atom stereocenters. The van der Waals surface area contributed by atoms with Gasteiger partial charge in [0.2, 0.25) is 0 Å². The summed E-state index contributed by atoms with van der Waals surface area (Å²) in [5.74, 6) is -0.585. The lowest BCUT2D eigenvalue weighted by Gasteiger charge is -2.16. The van der Waals surface area contributed by atoms with Crippen LogP contribution in [0, 0.1) is 0 Å². The van der Waals surface area contributed by atoms with Gasteiger partial charge in [-0.1, -0.05) is 12.1 Å². The zero-order valence-electron chi connectivity index (χ0n) is 22.7. The normalized spacial score (nSPS) is 11.0. The van der Waals surface area contributed by atoms with E-state index in [9.17, 15) is 19.5 Å². The third-order valence-corrected chi connectivity index (χ3v) is 6.65. The third-order valence-electron chi connectivity index (χ3n) is 6.65. The molecule has 0 amide bonds. The molecule has 3 aromatic carbocycles. The van der Waals surface area contributed by atoms with E-state index < -0.39 is 5.97 Å². The van der Waals surface area contributed by atoms with Crippen LogP contribution in [0.25, 0.3) is 21.9 Å². The van der Waals surface area contributed by atoms with E-state index in [4.69, 9.17) is 27.8 Å². The van der Waals surface area contributed by atoms with Crippen LogP contribution in [0.15, 0.2) is 63.8 Å². The number of Topliss-reactive ketones (excluding diaryl/α,β-unsaturated/α-hetero) is 2. The summed E-state index contributed by atoms with van der Waals surface area (Å²) in [7, 11) is 2.91. The zero-order chi connectivity index (χ0) is 29.3. The van der Waals surface area contributed by atoms with Crippen molar-refractivity contribution in [2.24, 2.45) is 0 Å². The molecular formula is C31H26O10. The van der Waals surface area contributed by atoms with E-state index in [0.717, 1.165) is 0 Å². The Labute approximate surface area is 234 Å². The topological polar surface area (TPSA) is 135 Å². The molecule has 10 nitrogen and oxygen atoms in total. The number of hydrogen-bond donors (Lipinski definition) is 1. The van der Waals surface area contributed by atoms with Crippen LogP contribution in [0.4, 0.5) is 0 Å². The van der Waals surface area contributed by atoms with Crippen molar-refractivity contribution >= 4 is 39.5 Å². The van der Waals surface area contributed by atoms with Crippen molar-refractivity contribution in [3.63, 3.8) is 0 Å². The van der Waals surface area contributed by atoms with Gasteiger partial charge in [0.25, 0.3) is 0 Å². The molecule has 1 N–H and O–H groups in total. The first kappa shape index (κ1) is 27.3. The standard InChI is InChI=1S/C31H26O10/c1-16(32)27-25(12-23-20(7-9-38-23)29(27)36-3)40-14-18-5-6-19(22(11-18)31(34)35)15-41-26-13-24-21(8-10-39-24)30(37-4)28(26)17(2)33/h5-13H,14-15H2,1-4H3,(H,34,35). The lowest BCUT2D eigenvalue weighted by Crippen LogP contribution is -2.10. The molecule has 5 aromatic rings. The Balaban J connectivity index is 1.42. The van der Waals surface area contributed by atoms with Gasteiger partial charge in [-0.05, 0) is 37.6 Å². The van der Waals surface area contributed by atoms with Crippen LogP contribution in [-0.4, -0.2) is 36.9 Å². The number of fused-ring (bicyclic) bond motifs is 2. The smallest absolute Gasteiger partial charge is 0.336 e. The number of rotatable bonds is 11. The monoisotopic (exact) mass is 558 g/mol. The van der Waals surface area contributed by atoms with Crippen LogP contribution in [-0.2, 0) is 13.2 Å². The number of carbonyl (C=O) groups excluding carboxylic acids is 2. The fourth-order valence-corrected chi connectivity index (χ4v) is 4.79. The number of carboxylic acid groups (broad SMARTS) is 1. The second-order valence-electron chi connectivity index (χ2n) is 9.22. The van der Waals surface area contributed by atoms with E-state index >= 15 is 0 Å². The summed E-state index contributed by atoms with van der Waals surface area (Å²) >= 11 is 0. The van der Waals surface area contributed by atoms with Crippen molar-refractivity contribution in [3.05, 3.63) is 82.8 Å². The average Bonchev–Trinajstić information content (AvgIpc) is 3.62. The predicted molar refractivity (Wildman–Crippen MR) is 148 cm³/mol. The lowest BCUT2D eigenvalue weighted by atomic mass is 10.0. The van der Waals surface area contributed by atoms with Crippen molar-refractivity contribution in [3.8, 4) is 23.0 Å². The molecule has 0 atom stereocenters. The maximum atomic E-state index is 12.5. The van der Waals surface area contributed by atoms with Crippen LogP contribution in [0.2, 0.25) is 0 Å². The number of hydrogen-bond acceptors (Lipinski definition) is 9. The van der Waals surface area contributed by atoms with E-state index in [2.05, 4.69) is 0 Å². The third kappa shape index (κ3) is 5.07. The molecule has 0 radical (unpaired) electrons. The van der Waals surface area contributed by atoms with E-state index in [1.165, 1.54) is 46.7 Å². The molecule has 0 aliphatic carbocycles. The van der Waals surface area contributed by atoms with Gasteiger partial charge in [0.05, 0.1) is 43.1 Å². The van der Waals surface area contributed by atoms with E-state index in [-0.39, 0.29) is 53.0 Å². The lowest BCUT2D eigenvalue weighted by molar-refractivity contribution is 0.0693. The number of ether oxygens (including phenoxy) is 4. The number of aromatic carboxylic acids is 1. The first-order valence-corrected chi connectivity index (χ1v) is 12.5. The quantitative estimate of drug-likeness (QED) is 0.180. The Morgan fingerprint density at radius 3 is 1.71 bits per heavy atom. The molecule has 2 aromatic heterocycles. The van der Waals surface area contributed by atoms with Gasteiger partial charge in [0.1, 0.15) is 58.5 Å². The van der Waals surface area contributed by atoms with Gasteiger partial charge in [-0.3, -0.25) is 9.59 Å². The zero-order valence-corrected chi connectivity index (χ0v) is 22.7. The number of carboxylic acids is 1. The Morgan fingerprint density at radius 1 is 0.732 bits per heavy atom. The van der Waals surface area contributed by atoms with E-state index in [1.54, 1.807) is 36.4 Å². The van der Waals surface area contributed by atoms with Crippen molar-refractivity contribution in [1.29, 1.82) is 0 Å². The highest BCUT2D eigenvalue weighted by molar-refractivity contribution is 6.06. The minimum atomic E-state index is -1.17. The maximum Gasteiger partial charge on any atom is 0.336 e. The number of carbonyl (C=O) groups is 3. The van der Waals surface area contributed by atoms with E-state index in [0.29, 0.717) is 44.6 Å². The Kier molecular flexibility index (Phi) is 7.39. The summed E-state index contributed by atoms with van der Waals surface area (Å²) in [6.45, 7) is 2.63. The highest BCUT2D eigenvalue weighted by Crippen LogP contribution is 2.39. The fourth-order valence-electron chi connectivity index (χ4n) is 4.79. The molecule has 41 heavy (non-hydrogen) atoms. The molecule has 0 saturated carbocycles. The first-order valence-electron chi connectivity index (χ1n) is 12.5. The predicted octanol–water partition coefficient (Wildman–Crippen LogP) is 6.46. The summed E-state index contributed by atoms with van der Waals surface area (Å²) in [6.07, 6.45) is 2.97. The molecule has 0 bridgehead atoms. The van der Waals surface area contributed by atoms with Gasteiger partial charge in [0.15, 0.2) is 11.6 Å². The second kappa shape index (κ2) is 11.1. The van der Waals surface area contributed by atoms with Gasteiger partial charge in [0, 0.05) is 17.7 Å². The van der Waals surface area contributed by atoms with E-state index in [1.807, 2.05) is 0 Å². The minimum absolute atomic E-state index is 0.00706. The number of ketones is 2. The molecule has 5 rings (SSSR count). The molecule has 0 spiro atoms. The highest BCUT2D eigenvalue weighted by Gasteiger charge is 2.23. The van der Waals surface area contributed by atoms with Crippen LogP contribution in [0.5, 0.6) is 23.0 Å². The largest absolute Gasteiger partial charge is 0.495 e. The van der Waals surface area contributed by atoms with Crippen LogP contribution in [0.1, 0.15) is 56.0 Å². The average molecular weight is 559 g/mol. The first-order chi connectivity index (χ1) is 19.7.